The second kappa shape index (κ2) is 7.59. The zero-order chi connectivity index (χ0) is 15.2. The van der Waals surface area contributed by atoms with E-state index in [2.05, 4.69) is 52.9 Å². The first-order valence-corrected chi connectivity index (χ1v) is 8.15. The van der Waals surface area contributed by atoms with Gasteiger partial charge in [0.15, 0.2) is 0 Å². The predicted molar refractivity (Wildman–Crippen MR) is 89.2 cm³/mol. The zero-order valence-corrected chi connectivity index (χ0v) is 13.9. The van der Waals surface area contributed by atoms with E-state index in [9.17, 15) is 0 Å². The maximum absolute atomic E-state index is 4.62. The summed E-state index contributed by atoms with van der Waals surface area (Å²) in [5.74, 6) is 2.55. The molecule has 2 heterocycles. The van der Waals surface area contributed by atoms with Gasteiger partial charge in [0, 0.05) is 31.7 Å². The maximum Gasteiger partial charge on any atom is 0.137 e. The molecule has 1 aromatic rings. The van der Waals surface area contributed by atoms with Crippen molar-refractivity contribution >= 4 is 11.6 Å². The van der Waals surface area contributed by atoms with Crippen molar-refractivity contribution in [3.05, 3.63) is 11.9 Å². The molecule has 0 unspecified atom stereocenters. The molecule has 1 N–H and O–H groups in total. The minimum atomic E-state index is 0.418. The lowest BCUT2D eigenvalue weighted by Crippen LogP contribution is -2.30. The molecule has 0 saturated carbocycles. The van der Waals surface area contributed by atoms with Gasteiger partial charge in [-0.2, -0.15) is 0 Å². The first kappa shape index (κ1) is 16.0. The van der Waals surface area contributed by atoms with Gasteiger partial charge in [0.1, 0.15) is 18.0 Å². The van der Waals surface area contributed by atoms with Gasteiger partial charge < -0.3 is 15.1 Å². The van der Waals surface area contributed by atoms with Gasteiger partial charge >= 0.3 is 0 Å². The molecule has 0 bridgehead atoms. The van der Waals surface area contributed by atoms with Crippen molar-refractivity contribution < 1.29 is 0 Å². The summed E-state index contributed by atoms with van der Waals surface area (Å²) in [6, 6.07) is 0. The molecule has 0 amide bonds. The summed E-state index contributed by atoms with van der Waals surface area (Å²) in [6.45, 7) is 12.0. The summed E-state index contributed by atoms with van der Waals surface area (Å²) in [6.07, 6.45) is 3.99. The van der Waals surface area contributed by atoms with E-state index in [0.717, 1.165) is 44.2 Å². The van der Waals surface area contributed by atoms with Crippen molar-refractivity contribution in [2.45, 2.75) is 39.5 Å². The Hall–Kier alpha value is -1.36. The highest BCUT2D eigenvalue weighted by Crippen LogP contribution is 2.31. The van der Waals surface area contributed by atoms with Crippen LogP contribution in [0.1, 0.15) is 45.1 Å². The summed E-state index contributed by atoms with van der Waals surface area (Å²) < 4.78 is 0. The number of nitrogens with one attached hydrogen (secondary N) is 1. The molecule has 2 rings (SSSR count). The highest BCUT2D eigenvalue weighted by Gasteiger charge is 2.21. The van der Waals surface area contributed by atoms with Crippen LogP contribution in [0.4, 0.5) is 11.6 Å². The SMILES string of the molecule is CCCNc1ncnc(N2CCCN(C)CC2)c1C(C)C. The molecule has 1 aliphatic rings. The first-order valence-electron chi connectivity index (χ1n) is 8.15. The van der Waals surface area contributed by atoms with Crippen LogP contribution in [0.5, 0.6) is 0 Å². The van der Waals surface area contributed by atoms with Crippen LogP contribution in [0, 0.1) is 0 Å². The Balaban J connectivity index is 2.28. The molecule has 1 saturated heterocycles. The van der Waals surface area contributed by atoms with Crippen LogP contribution in [-0.4, -0.2) is 54.6 Å². The van der Waals surface area contributed by atoms with Crippen LogP contribution >= 0.6 is 0 Å². The summed E-state index contributed by atoms with van der Waals surface area (Å²) in [5.41, 5.74) is 1.26. The third kappa shape index (κ3) is 4.06. The molecule has 1 aliphatic heterocycles. The average molecular weight is 291 g/mol. The largest absolute Gasteiger partial charge is 0.370 e. The molecule has 0 aromatic carbocycles. The van der Waals surface area contributed by atoms with Crippen molar-refractivity contribution in [3.8, 4) is 0 Å². The smallest absolute Gasteiger partial charge is 0.137 e. The van der Waals surface area contributed by atoms with Gasteiger partial charge in [-0.15, -0.1) is 0 Å². The Labute approximate surface area is 128 Å². The average Bonchev–Trinajstić information content (AvgIpc) is 2.69. The summed E-state index contributed by atoms with van der Waals surface area (Å²) in [7, 11) is 2.20. The Bertz CT molecular complexity index is 446. The summed E-state index contributed by atoms with van der Waals surface area (Å²) >= 11 is 0. The second-order valence-electron chi connectivity index (χ2n) is 6.18. The number of anilines is 2. The molecule has 0 atom stereocenters. The highest BCUT2D eigenvalue weighted by atomic mass is 15.2. The molecular formula is C16H29N5. The van der Waals surface area contributed by atoms with Crippen LogP contribution in [0.3, 0.4) is 0 Å². The van der Waals surface area contributed by atoms with E-state index in [-0.39, 0.29) is 0 Å². The molecule has 1 aromatic heterocycles. The van der Waals surface area contributed by atoms with Crippen LogP contribution in [0.25, 0.3) is 0 Å². The molecule has 5 heteroatoms. The van der Waals surface area contributed by atoms with Crippen molar-refractivity contribution in [2.75, 3.05) is 50.0 Å². The standard InChI is InChI=1S/C16H29N5/c1-5-7-17-15-14(13(2)3)16(19-12-18-15)21-9-6-8-20(4)10-11-21/h12-13H,5-11H2,1-4H3,(H,17,18,19). The minimum Gasteiger partial charge on any atom is -0.370 e. The topological polar surface area (TPSA) is 44.3 Å². The van der Waals surface area contributed by atoms with Crippen molar-refractivity contribution in [2.24, 2.45) is 0 Å². The fourth-order valence-electron chi connectivity index (χ4n) is 2.81. The zero-order valence-electron chi connectivity index (χ0n) is 13.9. The van der Waals surface area contributed by atoms with Crippen molar-refractivity contribution in [1.29, 1.82) is 0 Å². The Morgan fingerprint density at radius 1 is 1.19 bits per heavy atom. The van der Waals surface area contributed by atoms with Crippen LogP contribution in [0.15, 0.2) is 6.33 Å². The van der Waals surface area contributed by atoms with Crippen LogP contribution in [-0.2, 0) is 0 Å². The quantitative estimate of drug-likeness (QED) is 0.903. The van der Waals surface area contributed by atoms with Gasteiger partial charge in [-0.25, -0.2) is 9.97 Å². The third-order valence-corrected chi connectivity index (χ3v) is 4.00. The van der Waals surface area contributed by atoms with E-state index in [1.807, 2.05) is 0 Å². The second-order valence-corrected chi connectivity index (χ2v) is 6.18. The molecule has 1 fully saturated rings. The summed E-state index contributed by atoms with van der Waals surface area (Å²) in [5, 5.41) is 3.46. The monoisotopic (exact) mass is 291 g/mol. The molecule has 21 heavy (non-hydrogen) atoms. The third-order valence-electron chi connectivity index (χ3n) is 4.00. The number of hydrogen-bond donors (Lipinski definition) is 1. The number of rotatable bonds is 5. The molecule has 0 spiro atoms. The fraction of sp³-hybridized carbons (Fsp3) is 0.750. The highest BCUT2D eigenvalue weighted by molar-refractivity contribution is 5.60. The normalized spacial score (nSPS) is 17.1. The van der Waals surface area contributed by atoms with Gasteiger partial charge in [-0.3, -0.25) is 0 Å². The number of nitrogens with zero attached hydrogens (tertiary/aromatic N) is 4. The van der Waals surface area contributed by atoms with E-state index in [0.29, 0.717) is 5.92 Å². The molecule has 118 valence electrons. The minimum absolute atomic E-state index is 0.418. The van der Waals surface area contributed by atoms with Gasteiger partial charge in [0.05, 0.1) is 0 Å². The lowest BCUT2D eigenvalue weighted by molar-refractivity contribution is 0.360. The van der Waals surface area contributed by atoms with Gasteiger partial charge in [0.25, 0.3) is 0 Å². The van der Waals surface area contributed by atoms with Crippen molar-refractivity contribution in [3.63, 3.8) is 0 Å². The molecule has 0 radical (unpaired) electrons. The number of likely N-dealkylation sites (N-methyl/N-ethyl adjacent to an activating group) is 1. The Kier molecular flexibility index (Phi) is 5.79. The van der Waals surface area contributed by atoms with Gasteiger partial charge in [-0.05, 0) is 32.4 Å². The van der Waals surface area contributed by atoms with Crippen LogP contribution < -0.4 is 10.2 Å². The van der Waals surface area contributed by atoms with Gasteiger partial charge in [0.2, 0.25) is 0 Å². The first-order chi connectivity index (χ1) is 10.1. The molecular weight excluding hydrogens is 262 g/mol. The Morgan fingerprint density at radius 3 is 2.71 bits per heavy atom. The van der Waals surface area contributed by atoms with E-state index in [1.165, 1.54) is 18.5 Å². The van der Waals surface area contributed by atoms with Crippen LogP contribution in [0.2, 0.25) is 0 Å². The number of hydrogen-bond acceptors (Lipinski definition) is 5. The van der Waals surface area contributed by atoms with E-state index in [4.69, 9.17) is 0 Å². The fourth-order valence-corrected chi connectivity index (χ4v) is 2.81. The lowest BCUT2D eigenvalue weighted by Gasteiger charge is -2.26. The van der Waals surface area contributed by atoms with E-state index < -0.39 is 0 Å². The lowest BCUT2D eigenvalue weighted by atomic mass is 10.0. The summed E-state index contributed by atoms with van der Waals surface area (Å²) in [4.78, 5) is 13.9. The van der Waals surface area contributed by atoms with Gasteiger partial charge in [-0.1, -0.05) is 20.8 Å². The predicted octanol–water partition coefficient (Wildman–Crippen LogP) is 2.56. The molecule has 5 nitrogen and oxygen atoms in total. The maximum atomic E-state index is 4.62. The molecule has 0 aliphatic carbocycles. The number of aromatic nitrogens is 2. The van der Waals surface area contributed by atoms with E-state index in [1.54, 1.807) is 6.33 Å². The Morgan fingerprint density at radius 2 is 2.00 bits per heavy atom. The van der Waals surface area contributed by atoms with Crippen molar-refractivity contribution in [1.82, 2.24) is 14.9 Å². The van der Waals surface area contributed by atoms with E-state index >= 15 is 0 Å².